The summed E-state index contributed by atoms with van der Waals surface area (Å²) in [6.45, 7) is 1.38. The van der Waals surface area contributed by atoms with Crippen LogP contribution in [0.15, 0.2) is 48.5 Å². The molecule has 0 spiro atoms. The van der Waals surface area contributed by atoms with Gasteiger partial charge in [0.1, 0.15) is 5.75 Å². The maximum Gasteiger partial charge on any atom is 0.204 e. The van der Waals surface area contributed by atoms with Gasteiger partial charge in [0, 0.05) is 6.54 Å². The maximum atomic E-state index is 10.4. The quantitative estimate of drug-likeness (QED) is 0.505. The van der Waals surface area contributed by atoms with Crippen LogP contribution in [0.1, 0.15) is 5.56 Å². The molecule has 3 N–H and O–H groups in total. The number of methoxy groups -OCH3 is 1. The second kappa shape index (κ2) is 9.36. The van der Waals surface area contributed by atoms with Crippen LogP contribution in [0.25, 0.3) is 11.0 Å². The molecular formula is C20H25N3O4. The van der Waals surface area contributed by atoms with E-state index in [-0.39, 0.29) is 13.2 Å². The molecule has 7 heteroatoms. The lowest BCUT2D eigenvalue weighted by molar-refractivity contribution is 0.0211. The Morgan fingerprint density at radius 2 is 1.93 bits per heavy atom. The van der Waals surface area contributed by atoms with Crippen molar-refractivity contribution in [2.45, 2.75) is 19.3 Å². The molecule has 0 radical (unpaired) electrons. The number of imidazole rings is 1. The molecule has 3 aromatic rings. The Kier molecular flexibility index (Phi) is 6.64. The van der Waals surface area contributed by atoms with Gasteiger partial charge in [-0.05, 0) is 29.8 Å². The van der Waals surface area contributed by atoms with Crippen LogP contribution >= 0.6 is 0 Å². The van der Waals surface area contributed by atoms with Crippen molar-refractivity contribution in [3.05, 3.63) is 54.1 Å². The van der Waals surface area contributed by atoms with Crippen molar-refractivity contribution < 1.29 is 19.7 Å². The molecule has 7 nitrogen and oxygen atoms in total. The van der Waals surface area contributed by atoms with Crippen LogP contribution in [0.3, 0.4) is 0 Å². The topological polar surface area (TPSA) is 88.8 Å². The number of aliphatic hydroxyl groups excluding tert-OH is 2. The number of hydrogen-bond acceptors (Lipinski definition) is 6. The van der Waals surface area contributed by atoms with Gasteiger partial charge in [0.15, 0.2) is 0 Å². The Labute approximate surface area is 158 Å². The van der Waals surface area contributed by atoms with Crippen molar-refractivity contribution in [3.63, 3.8) is 0 Å². The first kappa shape index (κ1) is 19.2. The highest BCUT2D eigenvalue weighted by Gasteiger charge is 2.14. The molecule has 0 amide bonds. The number of ether oxygens (including phenoxy) is 2. The highest BCUT2D eigenvalue weighted by molar-refractivity contribution is 5.78. The maximum absolute atomic E-state index is 10.4. The SMILES string of the molecule is COc1ccc(COC[C@@H](O)Cn2c(NCCO)nc3ccccc32)cc1. The van der Waals surface area contributed by atoms with Crippen molar-refractivity contribution in [3.8, 4) is 5.75 Å². The molecule has 3 rings (SSSR count). The summed E-state index contributed by atoms with van der Waals surface area (Å²) < 4.78 is 12.7. The predicted molar refractivity (Wildman–Crippen MR) is 104 cm³/mol. The van der Waals surface area contributed by atoms with E-state index in [9.17, 15) is 5.11 Å². The standard InChI is InChI=1S/C20H25N3O4/c1-26-17-8-6-15(7-9-17)13-27-14-16(25)12-23-19-5-3-2-4-18(19)22-20(23)21-10-11-24/h2-9,16,24-25H,10-14H2,1H3,(H,21,22)/t16-/m0/s1. The number of rotatable bonds is 10. The monoisotopic (exact) mass is 371 g/mol. The molecule has 0 bridgehead atoms. The fourth-order valence-corrected chi connectivity index (χ4v) is 2.86. The summed E-state index contributed by atoms with van der Waals surface area (Å²) in [7, 11) is 1.63. The highest BCUT2D eigenvalue weighted by Crippen LogP contribution is 2.20. The Hall–Kier alpha value is -2.61. The van der Waals surface area contributed by atoms with Crippen LogP contribution in [-0.2, 0) is 17.9 Å². The summed E-state index contributed by atoms with van der Waals surface area (Å²) in [6.07, 6.45) is -0.685. The van der Waals surface area contributed by atoms with Gasteiger partial charge in [0.25, 0.3) is 0 Å². The lowest BCUT2D eigenvalue weighted by Gasteiger charge is -2.15. The van der Waals surface area contributed by atoms with Gasteiger partial charge in [-0.1, -0.05) is 24.3 Å². The van der Waals surface area contributed by atoms with E-state index < -0.39 is 6.10 Å². The summed E-state index contributed by atoms with van der Waals surface area (Å²) in [5, 5.41) is 22.6. The van der Waals surface area contributed by atoms with Crippen LogP contribution < -0.4 is 10.1 Å². The van der Waals surface area contributed by atoms with Crippen molar-refractivity contribution in [2.24, 2.45) is 0 Å². The fourth-order valence-electron chi connectivity index (χ4n) is 2.86. The molecule has 0 aliphatic heterocycles. The highest BCUT2D eigenvalue weighted by atomic mass is 16.5. The van der Waals surface area contributed by atoms with Gasteiger partial charge in [0.2, 0.25) is 5.95 Å². The number of fused-ring (bicyclic) bond motifs is 1. The zero-order valence-electron chi connectivity index (χ0n) is 15.3. The van der Waals surface area contributed by atoms with Crippen molar-refractivity contribution >= 4 is 17.0 Å². The Balaban J connectivity index is 1.60. The minimum absolute atomic E-state index is 0.0106. The molecule has 0 saturated carbocycles. The number of aromatic nitrogens is 2. The first-order valence-corrected chi connectivity index (χ1v) is 8.90. The van der Waals surface area contributed by atoms with Crippen LogP contribution in [0.2, 0.25) is 0 Å². The summed E-state index contributed by atoms with van der Waals surface area (Å²) in [6, 6.07) is 15.4. The van der Waals surface area contributed by atoms with Gasteiger partial charge in [-0.15, -0.1) is 0 Å². The number of hydrogen-bond donors (Lipinski definition) is 3. The molecule has 0 saturated heterocycles. The zero-order chi connectivity index (χ0) is 19.1. The average Bonchev–Trinajstić information content (AvgIpc) is 3.04. The number of para-hydroxylation sites is 2. The summed E-state index contributed by atoms with van der Waals surface area (Å²) in [5.74, 6) is 1.42. The van der Waals surface area contributed by atoms with Gasteiger partial charge in [-0.3, -0.25) is 0 Å². The van der Waals surface area contributed by atoms with E-state index in [1.165, 1.54) is 0 Å². The molecule has 0 fully saturated rings. The van der Waals surface area contributed by atoms with Gasteiger partial charge in [-0.25, -0.2) is 4.98 Å². The first-order chi connectivity index (χ1) is 13.2. The first-order valence-electron chi connectivity index (χ1n) is 8.90. The number of nitrogens with one attached hydrogen (secondary N) is 1. The molecule has 1 aromatic heterocycles. The predicted octanol–water partition coefficient (Wildman–Crippen LogP) is 2.03. The molecule has 2 aromatic carbocycles. The third-order valence-corrected chi connectivity index (χ3v) is 4.18. The Morgan fingerprint density at radius 1 is 1.15 bits per heavy atom. The fraction of sp³-hybridized carbons (Fsp3) is 0.350. The molecular weight excluding hydrogens is 346 g/mol. The van der Waals surface area contributed by atoms with E-state index in [1.807, 2.05) is 53.1 Å². The van der Waals surface area contributed by atoms with E-state index in [2.05, 4.69) is 10.3 Å². The normalized spacial score (nSPS) is 12.3. The van der Waals surface area contributed by atoms with E-state index in [0.717, 1.165) is 22.3 Å². The molecule has 0 aliphatic rings. The van der Waals surface area contributed by atoms with Crippen LogP contribution in [0.5, 0.6) is 5.75 Å². The van der Waals surface area contributed by atoms with E-state index in [0.29, 0.717) is 25.6 Å². The average molecular weight is 371 g/mol. The molecule has 27 heavy (non-hydrogen) atoms. The molecule has 144 valence electrons. The largest absolute Gasteiger partial charge is 0.497 e. The number of aliphatic hydroxyl groups is 2. The van der Waals surface area contributed by atoms with Crippen molar-refractivity contribution in [1.29, 1.82) is 0 Å². The van der Waals surface area contributed by atoms with Gasteiger partial charge in [-0.2, -0.15) is 0 Å². The summed E-state index contributed by atoms with van der Waals surface area (Å²) in [4.78, 5) is 4.52. The molecule has 0 aliphatic carbocycles. The van der Waals surface area contributed by atoms with Crippen LogP contribution in [0, 0.1) is 0 Å². The molecule has 1 heterocycles. The zero-order valence-corrected chi connectivity index (χ0v) is 15.3. The Morgan fingerprint density at radius 3 is 2.67 bits per heavy atom. The minimum atomic E-state index is -0.685. The van der Waals surface area contributed by atoms with Crippen molar-refractivity contribution in [2.75, 3.05) is 32.2 Å². The van der Waals surface area contributed by atoms with Gasteiger partial charge >= 0.3 is 0 Å². The second-order valence-corrected chi connectivity index (χ2v) is 6.20. The number of anilines is 1. The summed E-state index contributed by atoms with van der Waals surface area (Å²) in [5.41, 5.74) is 2.78. The summed E-state index contributed by atoms with van der Waals surface area (Å²) >= 11 is 0. The minimum Gasteiger partial charge on any atom is -0.497 e. The van der Waals surface area contributed by atoms with Crippen molar-refractivity contribution in [1.82, 2.24) is 9.55 Å². The van der Waals surface area contributed by atoms with Crippen LogP contribution in [0.4, 0.5) is 5.95 Å². The van der Waals surface area contributed by atoms with E-state index in [1.54, 1.807) is 7.11 Å². The van der Waals surface area contributed by atoms with E-state index >= 15 is 0 Å². The third kappa shape index (κ3) is 4.97. The second-order valence-electron chi connectivity index (χ2n) is 6.20. The third-order valence-electron chi connectivity index (χ3n) is 4.18. The Bertz CT molecular complexity index is 848. The smallest absolute Gasteiger partial charge is 0.204 e. The lowest BCUT2D eigenvalue weighted by Crippen LogP contribution is -2.23. The molecule has 1 atom stereocenters. The molecule has 0 unspecified atom stereocenters. The van der Waals surface area contributed by atoms with Crippen LogP contribution in [-0.4, -0.2) is 52.7 Å². The van der Waals surface area contributed by atoms with Gasteiger partial charge in [0.05, 0.1) is 50.6 Å². The number of benzene rings is 2. The van der Waals surface area contributed by atoms with Gasteiger partial charge < -0.3 is 29.6 Å². The number of nitrogens with zero attached hydrogens (tertiary/aromatic N) is 2. The van der Waals surface area contributed by atoms with E-state index in [4.69, 9.17) is 14.6 Å². The lowest BCUT2D eigenvalue weighted by atomic mass is 10.2.